The lowest BCUT2D eigenvalue weighted by molar-refractivity contribution is -0.121. The third-order valence-electron chi connectivity index (χ3n) is 3.79. The van der Waals surface area contributed by atoms with Crippen molar-refractivity contribution in [2.45, 2.75) is 32.7 Å². The third-order valence-corrected chi connectivity index (χ3v) is 3.79. The van der Waals surface area contributed by atoms with Crippen molar-refractivity contribution in [3.05, 3.63) is 65.2 Å². The Labute approximate surface area is 146 Å². The standard InChI is InChI=1S/C19H22FN3O2/c1-3-16(17-12-13(2)8-10-21-17)23-18(24)9-11-22-19(25)14-6-4-5-7-15(14)20/h4-8,10,12,16H,3,9,11H2,1-2H3,(H,22,25)(H,23,24)/t16-/m0/s1. The molecule has 0 aliphatic carbocycles. The third kappa shape index (κ3) is 5.38. The first-order chi connectivity index (χ1) is 12.0. The van der Waals surface area contributed by atoms with Crippen LogP contribution in [-0.4, -0.2) is 23.3 Å². The van der Waals surface area contributed by atoms with E-state index in [4.69, 9.17) is 0 Å². The molecule has 5 nitrogen and oxygen atoms in total. The lowest BCUT2D eigenvalue weighted by Gasteiger charge is -2.17. The second kappa shape index (κ2) is 8.92. The van der Waals surface area contributed by atoms with E-state index in [1.807, 2.05) is 26.0 Å². The number of aryl methyl sites for hydroxylation is 1. The quantitative estimate of drug-likeness (QED) is 0.812. The van der Waals surface area contributed by atoms with Crippen LogP contribution < -0.4 is 10.6 Å². The lowest BCUT2D eigenvalue weighted by atomic mass is 10.1. The number of pyridine rings is 1. The van der Waals surface area contributed by atoms with Gasteiger partial charge in [0.15, 0.2) is 0 Å². The molecule has 0 aliphatic rings. The van der Waals surface area contributed by atoms with Crippen molar-refractivity contribution in [2.24, 2.45) is 0 Å². The number of benzene rings is 1. The van der Waals surface area contributed by atoms with Crippen LogP contribution in [0.4, 0.5) is 4.39 Å². The van der Waals surface area contributed by atoms with Crippen LogP contribution in [0, 0.1) is 12.7 Å². The number of aromatic nitrogens is 1. The molecule has 1 heterocycles. The van der Waals surface area contributed by atoms with E-state index in [0.29, 0.717) is 6.42 Å². The summed E-state index contributed by atoms with van der Waals surface area (Å²) in [4.78, 5) is 28.3. The topological polar surface area (TPSA) is 71.1 Å². The zero-order valence-corrected chi connectivity index (χ0v) is 14.4. The molecule has 0 spiro atoms. The fourth-order valence-corrected chi connectivity index (χ4v) is 2.43. The minimum atomic E-state index is -0.582. The molecular weight excluding hydrogens is 321 g/mol. The number of halogens is 1. The Morgan fingerprint density at radius 3 is 2.68 bits per heavy atom. The van der Waals surface area contributed by atoms with Gasteiger partial charge < -0.3 is 10.6 Å². The maximum Gasteiger partial charge on any atom is 0.254 e. The van der Waals surface area contributed by atoms with Crippen LogP contribution in [0.2, 0.25) is 0 Å². The average Bonchev–Trinajstić information content (AvgIpc) is 2.60. The van der Waals surface area contributed by atoms with E-state index >= 15 is 0 Å². The zero-order chi connectivity index (χ0) is 18.2. The van der Waals surface area contributed by atoms with Gasteiger partial charge in [0.1, 0.15) is 5.82 Å². The summed E-state index contributed by atoms with van der Waals surface area (Å²) in [5.41, 5.74) is 1.86. The van der Waals surface area contributed by atoms with Crippen LogP contribution >= 0.6 is 0 Å². The molecule has 6 heteroatoms. The summed E-state index contributed by atoms with van der Waals surface area (Å²) in [5, 5.41) is 5.46. The Balaban J connectivity index is 1.84. The fourth-order valence-electron chi connectivity index (χ4n) is 2.43. The van der Waals surface area contributed by atoms with Gasteiger partial charge in [0.2, 0.25) is 5.91 Å². The van der Waals surface area contributed by atoms with Gasteiger partial charge in [0, 0.05) is 19.2 Å². The second-order valence-corrected chi connectivity index (χ2v) is 5.77. The molecule has 0 saturated heterocycles. The van der Waals surface area contributed by atoms with Crippen LogP contribution in [-0.2, 0) is 4.79 Å². The smallest absolute Gasteiger partial charge is 0.254 e. The SMILES string of the molecule is CC[C@H](NC(=O)CCNC(=O)c1ccccc1F)c1cc(C)ccn1. The molecule has 1 atom stereocenters. The summed E-state index contributed by atoms with van der Waals surface area (Å²) < 4.78 is 13.5. The van der Waals surface area contributed by atoms with Crippen molar-refractivity contribution in [1.29, 1.82) is 0 Å². The van der Waals surface area contributed by atoms with Crippen LogP contribution in [0.15, 0.2) is 42.6 Å². The van der Waals surface area contributed by atoms with Crippen molar-refractivity contribution < 1.29 is 14.0 Å². The highest BCUT2D eigenvalue weighted by molar-refractivity contribution is 5.94. The number of rotatable bonds is 7. The number of carbonyl (C=O) groups excluding carboxylic acids is 2. The van der Waals surface area contributed by atoms with Gasteiger partial charge in [-0.25, -0.2) is 4.39 Å². The molecule has 25 heavy (non-hydrogen) atoms. The molecule has 0 saturated carbocycles. The monoisotopic (exact) mass is 343 g/mol. The number of hydrogen-bond donors (Lipinski definition) is 2. The normalized spacial score (nSPS) is 11.6. The molecule has 2 N–H and O–H groups in total. The summed E-state index contributed by atoms with van der Waals surface area (Å²) in [6.07, 6.45) is 2.54. The van der Waals surface area contributed by atoms with E-state index in [2.05, 4.69) is 15.6 Å². The molecule has 0 radical (unpaired) electrons. The van der Waals surface area contributed by atoms with Crippen LogP contribution in [0.1, 0.15) is 47.4 Å². The van der Waals surface area contributed by atoms with E-state index in [1.54, 1.807) is 12.3 Å². The van der Waals surface area contributed by atoms with E-state index in [-0.39, 0.29) is 30.5 Å². The number of amides is 2. The number of nitrogens with zero attached hydrogens (tertiary/aromatic N) is 1. The van der Waals surface area contributed by atoms with Gasteiger partial charge in [-0.05, 0) is 43.2 Å². The van der Waals surface area contributed by atoms with Gasteiger partial charge in [-0.15, -0.1) is 0 Å². The Bertz CT molecular complexity index is 749. The molecule has 1 aromatic heterocycles. The molecule has 1 aromatic carbocycles. The van der Waals surface area contributed by atoms with Gasteiger partial charge in [-0.3, -0.25) is 14.6 Å². The number of hydrogen-bond acceptors (Lipinski definition) is 3. The first-order valence-corrected chi connectivity index (χ1v) is 8.26. The van der Waals surface area contributed by atoms with Crippen LogP contribution in [0.5, 0.6) is 0 Å². The highest BCUT2D eigenvalue weighted by Gasteiger charge is 2.15. The molecule has 2 amide bonds. The largest absolute Gasteiger partial charge is 0.351 e. The molecule has 0 unspecified atom stereocenters. The minimum Gasteiger partial charge on any atom is -0.351 e. The van der Waals surface area contributed by atoms with Crippen LogP contribution in [0.25, 0.3) is 0 Å². The number of nitrogens with one attached hydrogen (secondary N) is 2. The summed E-state index contributed by atoms with van der Waals surface area (Å²) in [7, 11) is 0. The van der Waals surface area contributed by atoms with Crippen LogP contribution in [0.3, 0.4) is 0 Å². The zero-order valence-electron chi connectivity index (χ0n) is 14.4. The number of carbonyl (C=O) groups is 2. The predicted octanol–water partition coefficient (Wildman–Crippen LogP) is 2.92. The Morgan fingerprint density at radius 1 is 1.24 bits per heavy atom. The molecule has 0 fully saturated rings. The van der Waals surface area contributed by atoms with Crippen molar-refractivity contribution >= 4 is 11.8 Å². The van der Waals surface area contributed by atoms with Gasteiger partial charge in [0.05, 0.1) is 17.3 Å². The van der Waals surface area contributed by atoms with Crippen molar-refractivity contribution in [3.8, 4) is 0 Å². The Morgan fingerprint density at radius 2 is 2.00 bits per heavy atom. The Hall–Kier alpha value is -2.76. The van der Waals surface area contributed by atoms with Gasteiger partial charge in [-0.2, -0.15) is 0 Å². The minimum absolute atomic E-state index is 0.0293. The fraction of sp³-hybridized carbons (Fsp3) is 0.316. The lowest BCUT2D eigenvalue weighted by Crippen LogP contribution is -2.33. The summed E-state index contributed by atoms with van der Waals surface area (Å²) >= 11 is 0. The van der Waals surface area contributed by atoms with E-state index in [0.717, 1.165) is 11.3 Å². The predicted molar refractivity (Wildman–Crippen MR) is 93.5 cm³/mol. The summed E-state index contributed by atoms with van der Waals surface area (Å²) in [5.74, 6) is -1.30. The second-order valence-electron chi connectivity index (χ2n) is 5.77. The van der Waals surface area contributed by atoms with E-state index in [9.17, 15) is 14.0 Å². The molecule has 132 valence electrons. The molecule has 2 rings (SSSR count). The molecule has 0 bridgehead atoms. The van der Waals surface area contributed by atoms with Crippen molar-refractivity contribution in [3.63, 3.8) is 0 Å². The van der Waals surface area contributed by atoms with E-state index in [1.165, 1.54) is 18.2 Å². The summed E-state index contributed by atoms with van der Waals surface area (Å²) in [6, 6.07) is 9.40. The first kappa shape index (κ1) is 18.6. The molecule has 0 aliphatic heterocycles. The first-order valence-electron chi connectivity index (χ1n) is 8.26. The maximum absolute atomic E-state index is 13.5. The molecule has 2 aromatic rings. The van der Waals surface area contributed by atoms with Gasteiger partial charge in [-0.1, -0.05) is 19.1 Å². The maximum atomic E-state index is 13.5. The average molecular weight is 343 g/mol. The van der Waals surface area contributed by atoms with Crippen molar-refractivity contribution in [1.82, 2.24) is 15.6 Å². The molecular formula is C19H22FN3O2. The highest BCUT2D eigenvalue weighted by Crippen LogP contribution is 2.15. The Kier molecular flexibility index (Phi) is 6.62. The summed E-state index contributed by atoms with van der Waals surface area (Å²) in [6.45, 7) is 4.07. The van der Waals surface area contributed by atoms with Gasteiger partial charge >= 0.3 is 0 Å². The highest BCUT2D eigenvalue weighted by atomic mass is 19.1. The van der Waals surface area contributed by atoms with E-state index < -0.39 is 11.7 Å². The van der Waals surface area contributed by atoms with Crippen molar-refractivity contribution in [2.75, 3.05) is 6.54 Å². The van der Waals surface area contributed by atoms with Gasteiger partial charge in [0.25, 0.3) is 5.91 Å².